The minimum Gasteiger partial charge on any atom is -0.465 e. The fourth-order valence-electron chi connectivity index (χ4n) is 5.49. The van der Waals surface area contributed by atoms with Crippen LogP contribution in [0.1, 0.15) is 37.6 Å². The molecule has 1 amide bonds. The first-order valence-electron chi connectivity index (χ1n) is 12.4. The summed E-state index contributed by atoms with van der Waals surface area (Å²) in [6.07, 6.45) is 7.33. The maximum absolute atomic E-state index is 12.0. The molecule has 0 aliphatic carbocycles. The van der Waals surface area contributed by atoms with Crippen LogP contribution in [0.2, 0.25) is 0 Å². The Bertz CT molecular complexity index is 1130. The van der Waals surface area contributed by atoms with Crippen LogP contribution >= 0.6 is 0 Å². The molecule has 2 N–H and O–H groups in total. The van der Waals surface area contributed by atoms with Crippen molar-refractivity contribution in [2.45, 2.75) is 58.2 Å². The normalized spacial score (nSPS) is 19.6. The number of aromatic nitrogens is 4. The van der Waals surface area contributed by atoms with Crippen molar-refractivity contribution >= 4 is 22.8 Å². The molecule has 3 aromatic rings. The number of rotatable bonds is 7. The Kier molecular flexibility index (Phi) is 6.56. The van der Waals surface area contributed by atoms with Crippen LogP contribution in [0.25, 0.3) is 11.0 Å². The molecule has 1 atom stereocenters. The first kappa shape index (κ1) is 22.9. The molecule has 2 aliphatic rings. The van der Waals surface area contributed by atoms with Crippen molar-refractivity contribution in [3.8, 4) is 0 Å². The van der Waals surface area contributed by atoms with Gasteiger partial charge >= 0.3 is 6.09 Å². The van der Waals surface area contributed by atoms with E-state index in [1.165, 1.54) is 4.90 Å². The lowest BCUT2D eigenvalue weighted by atomic mass is 9.96. The van der Waals surface area contributed by atoms with Crippen LogP contribution in [-0.4, -0.2) is 72.8 Å². The maximum atomic E-state index is 12.0. The predicted octanol–water partition coefficient (Wildman–Crippen LogP) is 3.00. The monoisotopic (exact) mass is 466 g/mol. The van der Waals surface area contributed by atoms with Crippen molar-refractivity contribution in [1.82, 2.24) is 24.2 Å². The number of amides is 1. The second-order valence-electron chi connectivity index (χ2n) is 9.64. The SMILES string of the molecule is C[C@H]1CCc2c(ccc3c2nc(CCn2cccn2)n3CCN2CCC(CO)CC2)N1C(=O)O. The summed E-state index contributed by atoms with van der Waals surface area (Å²) in [5.41, 5.74) is 3.83. The molecule has 5 rings (SSSR count). The van der Waals surface area contributed by atoms with Gasteiger partial charge in [0.25, 0.3) is 0 Å². The van der Waals surface area contributed by atoms with Gasteiger partial charge < -0.3 is 19.7 Å². The van der Waals surface area contributed by atoms with Crippen molar-refractivity contribution in [3.05, 3.63) is 42.0 Å². The van der Waals surface area contributed by atoms with E-state index in [2.05, 4.69) is 14.6 Å². The fourth-order valence-corrected chi connectivity index (χ4v) is 5.49. The Morgan fingerprint density at radius 1 is 1.15 bits per heavy atom. The lowest BCUT2D eigenvalue weighted by molar-refractivity contribution is 0.129. The van der Waals surface area contributed by atoms with Crippen LogP contribution in [0.4, 0.5) is 10.5 Å². The number of aliphatic hydroxyl groups is 1. The minimum atomic E-state index is -0.905. The average Bonchev–Trinajstić information content (AvgIpc) is 3.48. The summed E-state index contributed by atoms with van der Waals surface area (Å²) in [6, 6.07) is 5.90. The van der Waals surface area contributed by atoms with Crippen molar-refractivity contribution in [3.63, 3.8) is 0 Å². The number of aryl methyl sites for hydroxylation is 3. The van der Waals surface area contributed by atoms with Crippen molar-refractivity contribution < 1.29 is 15.0 Å². The molecule has 34 heavy (non-hydrogen) atoms. The van der Waals surface area contributed by atoms with Gasteiger partial charge in [-0.2, -0.15) is 5.10 Å². The van der Waals surface area contributed by atoms with Crippen LogP contribution < -0.4 is 4.90 Å². The number of likely N-dealkylation sites (tertiary alicyclic amines) is 1. The quantitative estimate of drug-likeness (QED) is 0.555. The van der Waals surface area contributed by atoms with E-state index in [-0.39, 0.29) is 12.6 Å². The number of aliphatic hydroxyl groups excluding tert-OH is 1. The lowest BCUT2D eigenvalue weighted by Gasteiger charge is -2.33. The molecular weight excluding hydrogens is 432 g/mol. The van der Waals surface area contributed by atoms with Crippen molar-refractivity contribution in [2.75, 3.05) is 31.1 Å². The number of carbonyl (C=O) groups is 1. The number of hydrogen-bond acceptors (Lipinski definition) is 5. The zero-order chi connectivity index (χ0) is 23.7. The van der Waals surface area contributed by atoms with E-state index in [0.29, 0.717) is 5.92 Å². The number of nitrogens with zero attached hydrogens (tertiary/aromatic N) is 6. The molecule has 9 nitrogen and oxygen atoms in total. The van der Waals surface area contributed by atoms with Gasteiger partial charge in [0.05, 0.1) is 16.7 Å². The Labute approximate surface area is 199 Å². The summed E-state index contributed by atoms with van der Waals surface area (Å²) in [7, 11) is 0. The number of benzene rings is 1. The molecule has 0 spiro atoms. The van der Waals surface area contributed by atoms with Gasteiger partial charge in [0, 0.05) is 56.7 Å². The summed E-state index contributed by atoms with van der Waals surface area (Å²) in [5, 5.41) is 23.6. The largest absolute Gasteiger partial charge is 0.465 e. The molecule has 1 aromatic carbocycles. The van der Waals surface area contributed by atoms with Crippen molar-refractivity contribution in [1.29, 1.82) is 0 Å². The third-order valence-electron chi connectivity index (χ3n) is 7.53. The van der Waals surface area contributed by atoms with E-state index in [1.807, 2.05) is 36.0 Å². The zero-order valence-corrected chi connectivity index (χ0v) is 19.8. The van der Waals surface area contributed by atoms with Crippen LogP contribution in [-0.2, 0) is 25.9 Å². The molecule has 2 aliphatic heterocycles. The highest BCUT2D eigenvalue weighted by Gasteiger charge is 2.30. The van der Waals surface area contributed by atoms with Crippen LogP contribution in [0.15, 0.2) is 30.6 Å². The van der Waals surface area contributed by atoms with Gasteiger partial charge in [0.1, 0.15) is 5.82 Å². The molecule has 4 heterocycles. The van der Waals surface area contributed by atoms with E-state index in [1.54, 1.807) is 6.20 Å². The van der Waals surface area contributed by atoms with E-state index >= 15 is 0 Å². The maximum Gasteiger partial charge on any atom is 0.412 e. The van der Waals surface area contributed by atoms with E-state index in [0.717, 1.165) is 92.9 Å². The molecule has 0 radical (unpaired) electrons. The van der Waals surface area contributed by atoms with Crippen LogP contribution in [0, 0.1) is 5.92 Å². The van der Waals surface area contributed by atoms with Crippen molar-refractivity contribution in [2.24, 2.45) is 5.92 Å². The minimum absolute atomic E-state index is 0.0364. The Morgan fingerprint density at radius 2 is 1.97 bits per heavy atom. The summed E-state index contributed by atoms with van der Waals surface area (Å²) in [6.45, 7) is 6.81. The van der Waals surface area contributed by atoms with Gasteiger partial charge in [-0.25, -0.2) is 9.78 Å². The highest BCUT2D eigenvalue weighted by Crippen LogP contribution is 2.36. The highest BCUT2D eigenvalue weighted by atomic mass is 16.4. The number of imidazole rings is 1. The lowest BCUT2D eigenvalue weighted by Crippen LogP contribution is -2.41. The molecule has 1 saturated heterocycles. The molecule has 1 fully saturated rings. The Balaban J connectivity index is 1.45. The Morgan fingerprint density at radius 3 is 2.68 bits per heavy atom. The van der Waals surface area contributed by atoms with Gasteiger partial charge in [0.2, 0.25) is 0 Å². The number of piperidine rings is 1. The first-order chi connectivity index (χ1) is 16.5. The van der Waals surface area contributed by atoms with E-state index in [4.69, 9.17) is 4.98 Å². The smallest absolute Gasteiger partial charge is 0.412 e. The standard InChI is InChI=1S/C25H34N6O3/c1-18-3-4-20-21(31(18)25(33)34)5-6-22-24(20)27-23(9-14-29-11-2-10-26-29)30(22)16-15-28-12-7-19(17-32)8-13-28/h2,5-6,10-11,18-19,32H,3-4,7-9,12-17H2,1H3,(H,33,34)/t18-/m0/s1. The molecular formula is C25H34N6O3. The zero-order valence-electron chi connectivity index (χ0n) is 19.8. The summed E-state index contributed by atoms with van der Waals surface area (Å²) in [4.78, 5) is 21.0. The fraction of sp³-hybridized carbons (Fsp3) is 0.560. The van der Waals surface area contributed by atoms with Gasteiger partial charge in [-0.05, 0) is 69.8 Å². The topological polar surface area (TPSA) is 99.7 Å². The molecule has 9 heteroatoms. The molecule has 0 saturated carbocycles. The number of carboxylic acid groups (broad SMARTS) is 1. The van der Waals surface area contributed by atoms with Crippen LogP contribution in [0.3, 0.4) is 0 Å². The molecule has 2 aromatic heterocycles. The van der Waals surface area contributed by atoms with E-state index < -0.39 is 6.09 Å². The number of anilines is 1. The number of hydrogen-bond donors (Lipinski definition) is 2. The Hall–Kier alpha value is -2.91. The van der Waals surface area contributed by atoms with Gasteiger partial charge in [-0.15, -0.1) is 0 Å². The average molecular weight is 467 g/mol. The second-order valence-corrected chi connectivity index (χ2v) is 9.64. The summed E-state index contributed by atoms with van der Waals surface area (Å²) < 4.78 is 4.24. The summed E-state index contributed by atoms with van der Waals surface area (Å²) in [5.74, 6) is 1.45. The van der Waals surface area contributed by atoms with E-state index in [9.17, 15) is 15.0 Å². The molecule has 0 unspecified atom stereocenters. The molecule has 182 valence electrons. The van der Waals surface area contributed by atoms with Crippen LogP contribution in [0.5, 0.6) is 0 Å². The van der Waals surface area contributed by atoms with Gasteiger partial charge in [0.15, 0.2) is 0 Å². The summed E-state index contributed by atoms with van der Waals surface area (Å²) >= 11 is 0. The first-order valence-corrected chi connectivity index (χ1v) is 12.4. The third kappa shape index (κ3) is 4.42. The molecule has 0 bridgehead atoms. The number of fused-ring (bicyclic) bond motifs is 3. The highest BCUT2D eigenvalue weighted by molar-refractivity contribution is 5.94. The van der Waals surface area contributed by atoms with Gasteiger partial charge in [-0.1, -0.05) is 0 Å². The second kappa shape index (κ2) is 9.76. The van der Waals surface area contributed by atoms with Gasteiger partial charge in [-0.3, -0.25) is 9.58 Å². The predicted molar refractivity (Wildman–Crippen MR) is 130 cm³/mol. The third-order valence-corrected chi connectivity index (χ3v) is 7.53.